The number of nitrogens with zero attached hydrogens (tertiary/aromatic N) is 2. The molecule has 1 aliphatic rings. The van der Waals surface area contributed by atoms with Crippen LogP contribution in [0, 0.1) is 5.41 Å². The fraction of sp³-hybridized carbons (Fsp3) is 0.667. The largest absolute Gasteiger partial charge is 0.396 e. The van der Waals surface area contributed by atoms with Crippen LogP contribution >= 0.6 is 15.9 Å². The van der Waals surface area contributed by atoms with Crippen LogP contribution in [0.4, 0.5) is 11.6 Å². The first-order chi connectivity index (χ1) is 8.71. The maximum atomic E-state index is 9.28. The van der Waals surface area contributed by atoms with E-state index >= 15 is 0 Å². The second kappa shape index (κ2) is 5.84. The first-order valence-electron chi connectivity index (χ1n) is 6.30. The molecule has 3 N–H and O–H groups in total. The monoisotopic (exact) mass is 314 g/mol. The van der Waals surface area contributed by atoms with Crippen molar-refractivity contribution in [2.24, 2.45) is 5.41 Å². The van der Waals surface area contributed by atoms with Gasteiger partial charge in [-0.2, -0.15) is 0 Å². The van der Waals surface area contributed by atoms with E-state index in [0.717, 1.165) is 48.5 Å². The summed E-state index contributed by atoms with van der Waals surface area (Å²) in [5.74, 6) is 1.59. The number of aliphatic hydroxyl groups excluding tert-OH is 1. The lowest BCUT2D eigenvalue weighted by Gasteiger charge is -2.15. The zero-order valence-corrected chi connectivity index (χ0v) is 12.1. The fourth-order valence-corrected chi connectivity index (χ4v) is 2.18. The minimum absolute atomic E-state index is 0.0708. The number of hydrogen-bond donors (Lipinski definition) is 3. The lowest BCUT2D eigenvalue weighted by Crippen LogP contribution is -2.20. The van der Waals surface area contributed by atoms with Gasteiger partial charge in [0.15, 0.2) is 0 Å². The van der Waals surface area contributed by atoms with Crippen molar-refractivity contribution in [1.29, 1.82) is 0 Å². The third-order valence-corrected chi connectivity index (χ3v) is 4.01. The van der Waals surface area contributed by atoms with E-state index in [1.807, 2.05) is 0 Å². The highest BCUT2D eigenvalue weighted by atomic mass is 79.9. The van der Waals surface area contributed by atoms with Gasteiger partial charge < -0.3 is 15.7 Å². The van der Waals surface area contributed by atoms with Gasteiger partial charge in [-0.25, -0.2) is 9.97 Å². The maximum absolute atomic E-state index is 9.28. The molecule has 0 radical (unpaired) electrons. The second-order valence-electron chi connectivity index (χ2n) is 4.82. The summed E-state index contributed by atoms with van der Waals surface area (Å²) < 4.78 is 0.854. The number of nitrogens with one attached hydrogen (secondary N) is 2. The SMILES string of the molecule is CCCNc1ncnc(NCC2(CO)CC2)c1Br. The van der Waals surface area contributed by atoms with E-state index in [2.05, 4.69) is 43.5 Å². The average Bonchev–Trinajstić information content (AvgIpc) is 3.17. The van der Waals surface area contributed by atoms with Gasteiger partial charge in [-0.3, -0.25) is 0 Å². The highest BCUT2D eigenvalue weighted by molar-refractivity contribution is 9.10. The molecule has 1 aliphatic carbocycles. The molecule has 0 spiro atoms. The Morgan fingerprint density at radius 2 is 2.00 bits per heavy atom. The molecule has 0 saturated heterocycles. The van der Waals surface area contributed by atoms with E-state index in [9.17, 15) is 5.11 Å². The molecule has 1 saturated carbocycles. The zero-order chi connectivity index (χ0) is 13.0. The first kappa shape index (κ1) is 13.5. The summed E-state index contributed by atoms with van der Waals surface area (Å²) in [4.78, 5) is 8.42. The summed E-state index contributed by atoms with van der Waals surface area (Å²) in [7, 11) is 0. The molecule has 0 unspecified atom stereocenters. The van der Waals surface area contributed by atoms with Gasteiger partial charge in [0.05, 0.1) is 6.61 Å². The maximum Gasteiger partial charge on any atom is 0.145 e. The van der Waals surface area contributed by atoms with E-state index < -0.39 is 0 Å². The van der Waals surface area contributed by atoms with Crippen molar-refractivity contribution in [3.63, 3.8) is 0 Å². The van der Waals surface area contributed by atoms with Crippen molar-refractivity contribution in [1.82, 2.24) is 9.97 Å². The molecule has 0 aliphatic heterocycles. The highest BCUT2D eigenvalue weighted by Crippen LogP contribution is 2.45. The first-order valence-corrected chi connectivity index (χ1v) is 7.09. The molecule has 1 aromatic rings. The molecule has 6 heteroatoms. The molecule has 1 heterocycles. The molecular weight excluding hydrogens is 296 g/mol. The van der Waals surface area contributed by atoms with Crippen LogP contribution < -0.4 is 10.6 Å². The topological polar surface area (TPSA) is 70.1 Å². The molecular formula is C12H19BrN4O. The van der Waals surface area contributed by atoms with E-state index in [-0.39, 0.29) is 12.0 Å². The zero-order valence-electron chi connectivity index (χ0n) is 10.5. The summed E-state index contributed by atoms with van der Waals surface area (Å²) in [6.45, 7) is 3.99. The van der Waals surface area contributed by atoms with Gasteiger partial charge in [-0.1, -0.05) is 6.92 Å². The smallest absolute Gasteiger partial charge is 0.145 e. The van der Waals surface area contributed by atoms with E-state index in [1.54, 1.807) is 6.33 Å². The van der Waals surface area contributed by atoms with Crippen molar-refractivity contribution < 1.29 is 5.11 Å². The summed E-state index contributed by atoms with van der Waals surface area (Å²) in [6, 6.07) is 0. The molecule has 2 rings (SSSR count). The molecule has 0 bridgehead atoms. The normalized spacial score (nSPS) is 16.4. The summed E-state index contributed by atoms with van der Waals surface area (Å²) in [6.07, 6.45) is 4.76. The van der Waals surface area contributed by atoms with Crippen LogP contribution in [0.15, 0.2) is 10.8 Å². The minimum Gasteiger partial charge on any atom is -0.396 e. The van der Waals surface area contributed by atoms with Crippen molar-refractivity contribution in [2.45, 2.75) is 26.2 Å². The quantitative estimate of drug-likeness (QED) is 0.720. The molecule has 100 valence electrons. The van der Waals surface area contributed by atoms with Gasteiger partial charge in [-0.05, 0) is 35.2 Å². The average molecular weight is 315 g/mol. The van der Waals surface area contributed by atoms with Crippen LogP contribution in [0.3, 0.4) is 0 Å². The van der Waals surface area contributed by atoms with Crippen LogP contribution in [0.1, 0.15) is 26.2 Å². The minimum atomic E-state index is 0.0708. The molecule has 0 amide bonds. The van der Waals surface area contributed by atoms with Gasteiger partial charge in [0.25, 0.3) is 0 Å². The molecule has 0 atom stereocenters. The van der Waals surface area contributed by atoms with E-state index in [4.69, 9.17) is 0 Å². The third kappa shape index (κ3) is 3.11. The van der Waals surface area contributed by atoms with Gasteiger partial charge >= 0.3 is 0 Å². The van der Waals surface area contributed by atoms with Gasteiger partial charge in [0.1, 0.15) is 22.4 Å². The molecule has 0 aromatic carbocycles. The molecule has 5 nitrogen and oxygen atoms in total. The Hall–Kier alpha value is -0.880. The lowest BCUT2D eigenvalue weighted by atomic mass is 10.1. The number of rotatable bonds is 7. The lowest BCUT2D eigenvalue weighted by molar-refractivity contribution is 0.219. The Bertz CT molecular complexity index is 409. The van der Waals surface area contributed by atoms with Crippen LogP contribution in [0.5, 0.6) is 0 Å². The van der Waals surface area contributed by atoms with Gasteiger partial charge in [0, 0.05) is 18.5 Å². The number of halogens is 1. The highest BCUT2D eigenvalue weighted by Gasteiger charge is 2.41. The van der Waals surface area contributed by atoms with Crippen molar-refractivity contribution in [2.75, 3.05) is 30.3 Å². The standard InChI is InChI=1S/C12H19BrN4O/c1-2-5-14-10-9(13)11(17-8-16-10)15-6-12(7-18)3-4-12/h8,18H,2-7H2,1H3,(H2,14,15,16,17). The van der Waals surface area contributed by atoms with Crippen LogP contribution in [-0.4, -0.2) is 34.8 Å². The van der Waals surface area contributed by atoms with Gasteiger partial charge in [0.2, 0.25) is 0 Å². The summed E-state index contributed by atoms with van der Waals surface area (Å²) >= 11 is 3.51. The van der Waals surface area contributed by atoms with Crippen molar-refractivity contribution >= 4 is 27.6 Å². The number of aromatic nitrogens is 2. The Labute approximate surface area is 116 Å². The summed E-state index contributed by atoms with van der Waals surface area (Å²) in [5.41, 5.74) is 0.0708. The van der Waals surface area contributed by atoms with Crippen molar-refractivity contribution in [3.05, 3.63) is 10.8 Å². The third-order valence-electron chi connectivity index (χ3n) is 3.26. The number of hydrogen-bond acceptors (Lipinski definition) is 5. The van der Waals surface area contributed by atoms with Crippen LogP contribution in [0.2, 0.25) is 0 Å². The Morgan fingerprint density at radius 3 is 2.56 bits per heavy atom. The second-order valence-corrected chi connectivity index (χ2v) is 5.62. The predicted molar refractivity (Wildman–Crippen MR) is 75.8 cm³/mol. The van der Waals surface area contributed by atoms with Gasteiger partial charge in [-0.15, -0.1) is 0 Å². The number of aliphatic hydroxyl groups is 1. The number of anilines is 2. The molecule has 18 heavy (non-hydrogen) atoms. The van der Waals surface area contributed by atoms with E-state index in [1.165, 1.54) is 0 Å². The Morgan fingerprint density at radius 1 is 1.33 bits per heavy atom. The fourth-order valence-electron chi connectivity index (χ4n) is 1.70. The van der Waals surface area contributed by atoms with Crippen LogP contribution in [-0.2, 0) is 0 Å². The predicted octanol–water partition coefficient (Wildman–Crippen LogP) is 2.25. The van der Waals surface area contributed by atoms with Crippen LogP contribution in [0.25, 0.3) is 0 Å². The molecule has 1 fully saturated rings. The Balaban J connectivity index is 1.99. The Kier molecular flexibility index (Phi) is 4.40. The van der Waals surface area contributed by atoms with E-state index in [0.29, 0.717) is 0 Å². The molecule has 1 aromatic heterocycles. The summed E-state index contributed by atoms with van der Waals surface area (Å²) in [5, 5.41) is 15.8. The van der Waals surface area contributed by atoms with Crippen molar-refractivity contribution in [3.8, 4) is 0 Å².